The van der Waals surface area contributed by atoms with E-state index in [4.69, 9.17) is 4.74 Å². The molecule has 2 N–H and O–H groups in total. The summed E-state index contributed by atoms with van der Waals surface area (Å²) < 4.78 is 9.76. The Bertz CT molecular complexity index is 403. The number of rotatable bonds is 5. The zero-order valence-electron chi connectivity index (χ0n) is 10.4. The van der Waals surface area contributed by atoms with E-state index in [9.17, 15) is 9.59 Å². The third-order valence-corrected chi connectivity index (χ3v) is 2.03. The number of imide groups is 1. The molecule has 2 amide bonds. The normalized spacial score (nSPS) is 9.44. The molecule has 0 radical (unpaired) electrons. The Kier molecular flexibility index (Phi) is 5.50. The van der Waals surface area contributed by atoms with Crippen LogP contribution in [0.1, 0.15) is 6.92 Å². The number of carbonyl (C=O) groups is 2. The van der Waals surface area contributed by atoms with Crippen LogP contribution in [0.2, 0.25) is 0 Å². The van der Waals surface area contributed by atoms with E-state index < -0.39 is 12.0 Å². The van der Waals surface area contributed by atoms with E-state index >= 15 is 0 Å². The van der Waals surface area contributed by atoms with Crippen molar-refractivity contribution >= 4 is 17.7 Å². The summed E-state index contributed by atoms with van der Waals surface area (Å²) in [7, 11) is 1.81. The molecule has 0 spiro atoms. The number of hydrogen-bond acceptors (Lipinski definition) is 5. The Labute approximate surface area is 105 Å². The van der Waals surface area contributed by atoms with Crippen molar-refractivity contribution in [2.45, 2.75) is 6.92 Å². The van der Waals surface area contributed by atoms with E-state index in [1.807, 2.05) is 24.5 Å². The SMILES string of the molecule is CCOC(=O)NC(=O)COc1ccc(NC)cc1. The molecule has 0 aromatic heterocycles. The summed E-state index contributed by atoms with van der Waals surface area (Å²) in [5.41, 5.74) is 0.943. The van der Waals surface area contributed by atoms with Crippen molar-refractivity contribution in [1.29, 1.82) is 0 Å². The fourth-order valence-electron chi connectivity index (χ4n) is 1.18. The van der Waals surface area contributed by atoms with E-state index in [1.54, 1.807) is 19.1 Å². The lowest BCUT2D eigenvalue weighted by Gasteiger charge is -2.07. The summed E-state index contributed by atoms with van der Waals surface area (Å²) in [5.74, 6) is -0.000785. The number of hydrogen-bond donors (Lipinski definition) is 2. The Balaban J connectivity index is 2.35. The molecule has 1 rings (SSSR count). The molecule has 1 aromatic carbocycles. The van der Waals surface area contributed by atoms with Crippen molar-refractivity contribution < 1.29 is 19.1 Å². The van der Waals surface area contributed by atoms with E-state index in [-0.39, 0.29) is 13.2 Å². The van der Waals surface area contributed by atoms with Crippen LogP contribution < -0.4 is 15.4 Å². The molecule has 0 unspecified atom stereocenters. The van der Waals surface area contributed by atoms with Gasteiger partial charge < -0.3 is 14.8 Å². The average molecular weight is 252 g/mol. The maximum atomic E-state index is 11.3. The summed E-state index contributed by atoms with van der Waals surface area (Å²) >= 11 is 0. The molecule has 0 aliphatic carbocycles. The topological polar surface area (TPSA) is 76.7 Å². The highest BCUT2D eigenvalue weighted by molar-refractivity contribution is 5.92. The van der Waals surface area contributed by atoms with E-state index in [1.165, 1.54) is 0 Å². The van der Waals surface area contributed by atoms with Crippen molar-refractivity contribution in [3.05, 3.63) is 24.3 Å². The van der Waals surface area contributed by atoms with Crippen LogP contribution >= 0.6 is 0 Å². The van der Waals surface area contributed by atoms with Crippen LogP contribution in [-0.2, 0) is 9.53 Å². The number of alkyl carbamates (subject to hydrolysis) is 1. The van der Waals surface area contributed by atoms with Crippen molar-refractivity contribution in [3.8, 4) is 5.75 Å². The van der Waals surface area contributed by atoms with E-state index in [2.05, 4.69) is 10.1 Å². The smallest absolute Gasteiger partial charge is 0.413 e. The van der Waals surface area contributed by atoms with Crippen LogP contribution in [0.3, 0.4) is 0 Å². The average Bonchev–Trinajstić information content (AvgIpc) is 2.37. The lowest BCUT2D eigenvalue weighted by molar-refractivity contribution is -0.122. The number of carbonyl (C=O) groups excluding carboxylic acids is 2. The van der Waals surface area contributed by atoms with Crippen molar-refractivity contribution in [2.24, 2.45) is 0 Å². The van der Waals surface area contributed by atoms with Crippen LogP contribution in [0.5, 0.6) is 5.75 Å². The highest BCUT2D eigenvalue weighted by Gasteiger charge is 2.08. The van der Waals surface area contributed by atoms with Crippen LogP contribution in [0.15, 0.2) is 24.3 Å². The first-order valence-electron chi connectivity index (χ1n) is 5.53. The third kappa shape index (κ3) is 4.73. The third-order valence-electron chi connectivity index (χ3n) is 2.03. The van der Waals surface area contributed by atoms with Gasteiger partial charge in [0.2, 0.25) is 0 Å². The number of anilines is 1. The zero-order chi connectivity index (χ0) is 13.4. The molecule has 0 fully saturated rings. The first-order valence-corrected chi connectivity index (χ1v) is 5.53. The molecular weight excluding hydrogens is 236 g/mol. The van der Waals surface area contributed by atoms with Crippen molar-refractivity contribution in [2.75, 3.05) is 25.6 Å². The fourth-order valence-corrected chi connectivity index (χ4v) is 1.18. The summed E-state index contributed by atoms with van der Waals surface area (Å²) in [6, 6.07) is 7.09. The second kappa shape index (κ2) is 7.16. The Hall–Kier alpha value is -2.24. The molecule has 6 heteroatoms. The van der Waals surface area contributed by atoms with Crippen molar-refractivity contribution in [1.82, 2.24) is 5.32 Å². The second-order valence-electron chi connectivity index (χ2n) is 3.33. The maximum Gasteiger partial charge on any atom is 0.413 e. The van der Waals surface area contributed by atoms with Gasteiger partial charge in [-0.15, -0.1) is 0 Å². The predicted molar refractivity (Wildman–Crippen MR) is 66.6 cm³/mol. The summed E-state index contributed by atoms with van der Waals surface area (Å²) in [6.45, 7) is 1.63. The van der Waals surface area contributed by atoms with Crippen LogP contribution in [0, 0.1) is 0 Å². The highest BCUT2D eigenvalue weighted by Crippen LogP contribution is 2.14. The second-order valence-corrected chi connectivity index (χ2v) is 3.33. The Morgan fingerprint density at radius 3 is 2.44 bits per heavy atom. The summed E-state index contributed by atoms with van der Waals surface area (Å²) in [6.07, 6.45) is -0.767. The number of benzene rings is 1. The van der Waals surface area contributed by atoms with Gasteiger partial charge in [0.05, 0.1) is 6.61 Å². The molecular formula is C12H16N2O4. The molecule has 0 saturated carbocycles. The lowest BCUT2D eigenvalue weighted by atomic mass is 10.3. The molecule has 18 heavy (non-hydrogen) atoms. The van der Waals surface area contributed by atoms with Gasteiger partial charge in [-0.05, 0) is 31.2 Å². The minimum atomic E-state index is -0.767. The predicted octanol–water partition coefficient (Wildman–Crippen LogP) is 1.38. The zero-order valence-corrected chi connectivity index (χ0v) is 10.4. The first kappa shape index (κ1) is 13.8. The van der Waals surface area contributed by atoms with Crippen LogP contribution in [0.4, 0.5) is 10.5 Å². The van der Waals surface area contributed by atoms with Crippen molar-refractivity contribution in [3.63, 3.8) is 0 Å². The number of amides is 2. The van der Waals surface area contributed by atoms with Gasteiger partial charge >= 0.3 is 6.09 Å². The van der Waals surface area contributed by atoms with Gasteiger partial charge in [0.1, 0.15) is 5.75 Å². The van der Waals surface area contributed by atoms with Crippen LogP contribution in [0.25, 0.3) is 0 Å². The quantitative estimate of drug-likeness (QED) is 0.828. The fraction of sp³-hybridized carbons (Fsp3) is 0.333. The maximum absolute atomic E-state index is 11.3. The summed E-state index contributed by atoms with van der Waals surface area (Å²) in [5, 5.41) is 5.00. The van der Waals surface area contributed by atoms with Gasteiger partial charge in [-0.3, -0.25) is 10.1 Å². The number of ether oxygens (including phenoxy) is 2. The highest BCUT2D eigenvalue weighted by atomic mass is 16.5. The molecule has 1 aromatic rings. The molecule has 0 heterocycles. The molecule has 6 nitrogen and oxygen atoms in total. The van der Waals surface area contributed by atoms with E-state index in [0.717, 1.165) is 5.69 Å². The molecule has 0 bridgehead atoms. The van der Waals surface area contributed by atoms with Gasteiger partial charge in [0.15, 0.2) is 6.61 Å². The minimum absolute atomic E-state index is 0.214. The number of nitrogens with one attached hydrogen (secondary N) is 2. The van der Waals surface area contributed by atoms with Gasteiger partial charge in [-0.1, -0.05) is 0 Å². The summed E-state index contributed by atoms with van der Waals surface area (Å²) in [4.78, 5) is 22.2. The first-order chi connectivity index (χ1) is 8.65. The van der Waals surface area contributed by atoms with Gasteiger partial charge in [-0.25, -0.2) is 4.79 Å². The molecule has 98 valence electrons. The lowest BCUT2D eigenvalue weighted by Crippen LogP contribution is -2.34. The van der Waals surface area contributed by atoms with Crippen LogP contribution in [-0.4, -0.2) is 32.3 Å². The van der Waals surface area contributed by atoms with Gasteiger partial charge in [0, 0.05) is 12.7 Å². The van der Waals surface area contributed by atoms with Gasteiger partial charge in [-0.2, -0.15) is 0 Å². The Morgan fingerprint density at radius 1 is 1.22 bits per heavy atom. The molecule has 0 saturated heterocycles. The molecule has 0 aliphatic heterocycles. The largest absolute Gasteiger partial charge is 0.484 e. The minimum Gasteiger partial charge on any atom is -0.484 e. The monoisotopic (exact) mass is 252 g/mol. The van der Waals surface area contributed by atoms with Gasteiger partial charge in [0.25, 0.3) is 5.91 Å². The molecule has 0 aliphatic rings. The van der Waals surface area contributed by atoms with E-state index in [0.29, 0.717) is 5.75 Å². The standard InChI is InChI=1S/C12H16N2O4/c1-3-17-12(16)14-11(15)8-18-10-6-4-9(13-2)5-7-10/h4-7,13H,3,8H2,1-2H3,(H,14,15,16). The molecule has 0 atom stereocenters. The Morgan fingerprint density at radius 2 is 1.89 bits per heavy atom.